The van der Waals surface area contributed by atoms with Crippen molar-refractivity contribution in [1.29, 1.82) is 0 Å². The summed E-state index contributed by atoms with van der Waals surface area (Å²) in [6, 6.07) is -0.415. The zero-order valence-electron chi connectivity index (χ0n) is 14.1. The summed E-state index contributed by atoms with van der Waals surface area (Å²) in [7, 11) is 1.81. The van der Waals surface area contributed by atoms with Gasteiger partial charge in [-0.25, -0.2) is 0 Å². The summed E-state index contributed by atoms with van der Waals surface area (Å²) < 4.78 is 1.66. The molecule has 0 spiro atoms. The van der Waals surface area contributed by atoms with E-state index in [0.29, 0.717) is 19.4 Å². The van der Waals surface area contributed by atoms with Crippen molar-refractivity contribution in [2.75, 3.05) is 6.54 Å². The Morgan fingerprint density at radius 1 is 1.38 bits per heavy atom. The van der Waals surface area contributed by atoms with E-state index < -0.39 is 17.9 Å². The van der Waals surface area contributed by atoms with Gasteiger partial charge in [-0.3, -0.25) is 14.3 Å². The second kappa shape index (κ2) is 7.20. The molecule has 6 heteroatoms. The van der Waals surface area contributed by atoms with Crippen LogP contribution in [-0.2, 0) is 16.6 Å². The molecule has 2 aliphatic rings. The normalized spacial score (nSPS) is 24.8. The van der Waals surface area contributed by atoms with Gasteiger partial charge in [0.15, 0.2) is 0 Å². The van der Waals surface area contributed by atoms with E-state index in [1.165, 1.54) is 18.4 Å². The van der Waals surface area contributed by atoms with Gasteiger partial charge in [-0.2, -0.15) is 5.10 Å². The molecule has 1 aliphatic heterocycles. The molecule has 0 unspecified atom stereocenters. The number of carbonyl (C=O) groups is 2. The number of aromatic nitrogens is 2. The fourth-order valence-corrected chi connectivity index (χ4v) is 3.88. The molecular formula is C18H25N3O3. The van der Waals surface area contributed by atoms with Crippen molar-refractivity contribution in [3.05, 3.63) is 29.6 Å². The molecule has 1 fully saturated rings. The second-order valence-corrected chi connectivity index (χ2v) is 6.82. The van der Waals surface area contributed by atoms with Crippen LogP contribution in [-0.4, -0.2) is 38.2 Å². The van der Waals surface area contributed by atoms with E-state index in [1.807, 2.05) is 6.20 Å². The van der Waals surface area contributed by atoms with Crippen LogP contribution in [0.4, 0.5) is 0 Å². The maximum atomic E-state index is 12.5. The zero-order chi connectivity index (χ0) is 17.1. The summed E-state index contributed by atoms with van der Waals surface area (Å²) in [4.78, 5) is 26.0. The molecule has 0 aromatic carbocycles. The zero-order valence-corrected chi connectivity index (χ0v) is 14.1. The molecule has 1 N–H and O–H groups in total. The minimum Gasteiger partial charge on any atom is -0.481 e. The van der Waals surface area contributed by atoms with Crippen molar-refractivity contribution in [1.82, 2.24) is 14.7 Å². The maximum absolute atomic E-state index is 12.5. The minimum absolute atomic E-state index is 0.0535. The monoisotopic (exact) mass is 331 g/mol. The first-order valence-electron chi connectivity index (χ1n) is 8.75. The van der Waals surface area contributed by atoms with Gasteiger partial charge in [0.05, 0.1) is 18.2 Å². The van der Waals surface area contributed by atoms with Gasteiger partial charge in [0.2, 0.25) is 5.91 Å². The van der Waals surface area contributed by atoms with Gasteiger partial charge >= 0.3 is 5.97 Å². The fourth-order valence-electron chi connectivity index (χ4n) is 3.88. The van der Waals surface area contributed by atoms with Crippen LogP contribution < -0.4 is 0 Å². The first-order valence-corrected chi connectivity index (χ1v) is 8.75. The van der Waals surface area contributed by atoms with Crippen LogP contribution in [0.5, 0.6) is 0 Å². The van der Waals surface area contributed by atoms with Crippen LogP contribution >= 0.6 is 0 Å². The van der Waals surface area contributed by atoms with Gasteiger partial charge in [0.1, 0.15) is 0 Å². The van der Waals surface area contributed by atoms with Crippen molar-refractivity contribution in [2.24, 2.45) is 13.0 Å². The molecule has 0 radical (unpaired) electrons. The van der Waals surface area contributed by atoms with E-state index >= 15 is 0 Å². The number of allylic oxidation sites excluding steroid dienone is 1. The third-order valence-corrected chi connectivity index (χ3v) is 5.15. The summed E-state index contributed by atoms with van der Waals surface area (Å²) >= 11 is 0. The Hall–Kier alpha value is -2.11. The molecule has 6 nitrogen and oxygen atoms in total. The first-order chi connectivity index (χ1) is 11.6. The molecule has 0 saturated carbocycles. The number of hydrogen-bond donors (Lipinski definition) is 1. The van der Waals surface area contributed by atoms with Gasteiger partial charge in [0, 0.05) is 31.8 Å². The molecule has 2 atom stereocenters. The van der Waals surface area contributed by atoms with Gasteiger partial charge in [-0.1, -0.05) is 11.6 Å². The Bertz CT molecular complexity index is 650. The third-order valence-electron chi connectivity index (χ3n) is 5.15. The van der Waals surface area contributed by atoms with Crippen molar-refractivity contribution >= 4 is 11.9 Å². The van der Waals surface area contributed by atoms with Crippen LogP contribution in [0.25, 0.3) is 0 Å². The summed E-state index contributed by atoms with van der Waals surface area (Å²) in [6.07, 6.45) is 12.0. The van der Waals surface area contributed by atoms with E-state index in [4.69, 9.17) is 0 Å². The number of carboxylic acids is 1. The quantitative estimate of drug-likeness (QED) is 0.842. The van der Waals surface area contributed by atoms with E-state index in [0.717, 1.165) is 24.8 Å². The molecule has 1 aromatic rings. The fraction of sp³-hybridized carbons (Fsp3) is 0.611. The Balaban J connectivity index is 1.82. The Kier molecular flexibility index (Phi) is 5.02. The molecule has 1 aromatic heterocycles. The van der Waals surface area contributed by atoms with Crippen LogP contribution in [0.15, 0.2) is 24.0 Å². The molecule has 0 bridgehead atoms. The number of piperidine rings is 1. The molecule has 1 aliphatic carbocycles. The number of carboxylic acid groups (broad SMARTS) is 1. The van der Waals surface area contributed by atoms with E-state index in [-0.39, 0.29) is 5.91 Å². The second-order valence-electron chi connectivity index (χ2n) is 6.82. The smallest absolute Gasteiger partial charge is 0.308 e. The highest BCUT2D eigenvalue weighted by Gasteiger charge is 2.41. The topological polar surface area (TPSA) is 75.4 Å². The lowest BCUT2D eigenvalue weighted by atomic mass is 9.85. The summed E-state index contributed by atoms with van der Waals surface area (Å²) in [5.74, 6) is -1.34. The molecule has 24 heavy (non-hydrogen) atoms. The molecule has 2 heterocycles. The van der Waals surface area contributed by atoms with Crippen LogP contribution in [0.3, 0.4) is 0 Å². The SMILES string of the molecule is Cn1cc([C@@H]2[C@H](C(=O)O)CCC(=O)N2CCC2=CCCCC2)cn1. The van der Waals surface area contributed by atoms with E-state index in [9.17, 15) is 14.7 Å². The predicted molar refractivity (Wildman–Crippen MR) is 89.2 cm³/mol. The summed E-state index contributed by atoms with van der Waals surface area (Å²) in [5.41, 5.74) is 2.21. The first kappa shape index (κ1) is 16.7. The molecular weight excluding hydrogens is 306 g/mol. The van der Waals surface area contributed by atoms with Crippen molar-refractivity contribution < 1.29 is 14.7 Å². The summed E-state index contributed by atoms with van der Waals surface area (Å²) in [5, 5.41) is 13.8. The molecule has 1 amide bonds. The van der Waals surface area contributed by atoms with Crippen LogP contribution in [0, 0.1) is 5.92 Å². The lowest BCUT2D eigenvalue weighted by Gasteiger charge is -2.39. The Morgan fingerprint density at radius 3 is 2.83 bits per heavy atom. The molecule has 3 rings (SSSR count). The molecule has 1 saturated heterocycles. The number of nitrogens with zero attached hydrogens (tertiary/aromatic N) is 3. The van der Waals surface area contributed by atoms with Gasteiger partial charge in [0.25, 0.3) is 0 Å². The van der Waals surface area contributed by atoms with Gasteiger partial charge < -0.3 is 10.0 Å². The number of aryl methyl sites for hydroxylation is 1. The van der Waals surface area contributed by atoms with E-state index in [2.05, 4.69) is 11.2 Å². The minimum atomic E-state index is -0.835. The van der Waals surface area contributed by atoms with Crippen LogP contribution in [0.1, 0.15) is 56.6 Å². The standard InChI is InChI=1S/C18H25N3O3/c1-20-12-14(11-19-20)17-15(18(23)24)7-8-16(22)21(17)10-9-13-5-3-2-4-6-13/h5,11-12,15,17H,2-4,6-10H2,1H3,(H,23,24)/t15-,17-/m1/s1. The lowest BCUT2D eigenvalue weighted by Crippen LogP contribution is -2.45. The number of rotatable bonds is 5. The Labute approximate surface area is 142 Å². The number of likely N-dealkylation sites (tertiary alicyclic amines) is 1. The number of aliphatic carboxylic acids is 1. The molecule has 130 valence electrons. The average molecular weight is 331 g/mol. The predicted octanol–water partition coefficient (Wildman–Crippen LogP) is 2.67. The Morgan fingerprint density at radius 2 is 2.21 bits per heavy atom. The van der Waals surface area contributed by atoms with Crippen molar-refractivity contribution in [3.63, 3.8) is 0 Å². The van der Waals surface area contributed by atoms with Gasteiger partial charge in [-0.05, 0) is 38.5 Å². The highest BCUT2D eigenvalue weighted by Crippen LogP contribution is 2.37. The van der Waals surface area contributed by atoms with Crippen molar-refractivity contribution in [3.8, 4) is 0 Å². The number of amides is 1. The van der Waals surface area contributed by atoms with Crippen molar-refractivity contribution in [2.45, 2.75) is 51.0 Å². The number of carbonyl (C=O) groups excluding carboxylic acids is 1. The average Bonchev–Trinajstić information content (AvgIpc) is 3.00. The largest absolute Gasteiger partial charge is 0.481 e. The summed E-state index contributed by atoms with van der Waals surface area (Å²) in [6.45, 7) is 0.591. The number of hydrogen-bond acceptors (Lipinski definition) is 3. The van der Waals surface area contributed by atoms with Gasteiger partial charge in [-0.15, -0.1) is 0 Å². The van der Waals surface area contributed by atoms with Crippen LogP contribution in [0.2, 0.25) is 0 Å². The highest BCUT2D eigenvalue weighted by atomic mass is 16.4. The van der Waals surface area contributed by atoms with E-state index in [1.54, 1.807) is 22.8 Å². The highest BCUT2D eigenvalue weighted by molar-refractivity contribution is 5.81. The maximum Gasteiger partial charge on any atom is 0.308 e. The third kappa shape index (κ3) is 3.52. The lowest BCUT2D eigenvalue weighted by molar-refractivity contribution is -0.152.